The van der Waals surface area contributed by atoms with Gasteiger partial charge in [0.15, 0.2) is 0 Å². The molecule has 0 saturated heterocycles. The van der Waals surface area contributed by atoms with E-state index in [4.69, 9.17) is 4.74 Å². The monoisotopic (exact) mass is 357 g/mol. The summed E-state index contributed by atoms with van der Waals surface area (Å²) in [6.45, 7) is 0.346. The van der Waals surface area contributed by atoms with Crippen LogP contribution in [0.2, 0.25) is 0 Å². The van der Waals surface area contributed by atoms with Crippen LogP contribution in [0.3, 0.4) is 0 Å². The Hall–Kier alpha value is -2.59. The summed E-state index contributed by atoms with van der Waals surface area (Å²) in [5, 5.41) is 13.8. The van der Waals surface area contributed by atoms with E-state index in [2.05, 4.69) is 16.6 Å². The minimum atomic E-state index is -0.737. The fourth-order valence-corrected chi connectivity index (χ4v) is 4.49. The van der Waals surface area contributed by atoms with Crippen molar-refractivity contribution in [2.45, 2.75) is 11.3 Å². The normalized spacial score (nSPS) is 24.0. The Morgan fingerprint density at radius 3 is 3.00 bits per heavy atom. The molecule has 2 unspecified atom stereocenters. The lowest BCUT2D eigenvalue weighted by molar-refractivity contribution is 0.164. The van der Waals surface area contributed by atoms with Crippen molar-refractivity contribution in [2.24, 2.45) is 11.0 Å². The molecule has 7 heteroatoms. The van der Waals surface area contributed by atoms with E-state index in [-0.39, 0.29) is 17.9 Å². The molecule has 0 fully saturated rings. The fraction of sp³-hybridized carbons (Fsp3) is 0.222. The van der Waals surface area contributed by atoms with Gasteiger partial charge in [0.25, 0.3) is 0 Å². The molecular formula is C18H13F2N3OS. The molecule has 2 aliphatic heterocycles. The van der Waals surface area contributed by atoms with Crippen molar-refractivity contribution in [1.82, 2.24) is 5.43 Å². The van der Waals surface area contributed by atoms with Gasteiger partial charge in [-0.15, -0.1) is 0 Å². The highest BCUT2D eigenvalue weighted by Crippen LogP contribution is 2.52. The van der Waals surface area contributed by atoms with Crippen LogP contribution in [0.4, 0.5) is 8.78 Å². The number of nitriles is 1. The van der Waals surface area contributed by atoms with Gasteiger partial charge in [0.1, 0.15) is 27.3 Å². The third kappa shape index (κ3) is 2.53. The first-order chi connectivity index (χ1) is 12.1. The third-order valence-electron chi connectivity index (χ3n) is 4.38. The summed E-state index contributed by atoms with van der Waals surface area (Å²) in [6, 6.07) is 13.0. The Bertz CT molecular complexity index is 911. The zero-order valence-electron chi connectivity index (χ0n) is 13.0. The molecule has 4 nitrogen and oxygen atoms in total. The van der Waals surface area contributed by atoms with Gasteiger partial charge in [0.2, 0.25) is 0 Å². The smallest absolute Gasteiger partial charge is 0.141 e. The van der Waals surface area contributed by atoms with Crippen molar-refractivity contribution in [3.05, 3.63) is 65.2 Å². The Kier molecular flexibility index (Phi) is 3.85. The second-order valence-electron chi connectivity index (χ2n) is 5.86. The summed E-state index contributed by atoms with van der Waals surface area (Å²) in [7, 11) is 0. The number of thioether (sulfide) groups is 1. The summed E-state index contributed by atoms with van der Waals surface area (Å²) < 4.78 is 33.5. The summed E-state index contributed by atoms with van der Waals surface area (Å²) in [5.41, 5.74) is 4.04. The Balaban J connectivity index is 1.77. The first-order valence-electron chi connectivity index (χ1n) is 7.72. The number of nitrogens with zero attached hydrogens (tertiary/aromatic N) is 2. The van der Waals surface area contributed by atoms with Gasteiger partial charge in [0, 0.05) is 23.5 Å². The zero-order valence-corrected chi connectivity index (χ0v) is 13.8. The highest BCUT2D eigenvalue weighted by atomic mass is 32.2. The molecule has 2 aliphatic rings. The molecule has 1 N–H and O–H groups in total. The van der Waals surface area contributed by atoms with Crippen molar-refractivity contribution in [3.8, 4) is 11.8 Å². The molecule has 4 rings (SSSR count). The lowest BCUT2D eigenvalue weighted by Gasteiger charge is -2.40. The molecular weight excluding hydrogens is 344 g/mol. The maximum Gasteiger partial charge on any atom is 0.141 e. The number of hydrogen-bond acceptors (Lipinski definition) is 5. The largest absolute Gasteiger partial charge is 0.493 e. The van der Waals surface area contributed by atoms with Gasteiger partial charge >= 0.3 is 0 Å². The first-order valence-corrected chi connectivity index (χ1v) is 8.54. The first kappa shape index (κ1) is 15.9. The van der Waals surface area contributed by atoms with E-state index in [0.717, 1.165) is 23.8 Å². The van der Waals surface area contributed by atoms with Crippen LogP contribution in [0.5, 0.6) is 5.75 Å². The number of para-hydroxylation sites is 1. The highest BCUT2D eigenvalue weighted by Gasteiger charge is 2.50. The number of ether oxygens (including phenoxy) is 1. The number of halogens is 2. The molecule has 2 aromatic rings. The van der Waals surface area contributed by atoms with Crippen LogP contribution in [-0.4, -0.2) is 11.7 Å². The van der Waals surface area contributed by atoms with Crippen LogP contribution in [0.1, 0.15) is 17.5 Å². The number of rotatable bonds is 2. The van der Waals surface area contributed by atoms with E-state index in [1.54, 1.807) is 0 Å². The summed E-state index contributed by atoms with van der Waals surface area (Å²) in [4.78, 5) is -0.737. The van der Waals surface area contributed by atoms with Crippen LogP contribution in [0.15, 0.2) is 47.6 Å². The third-order valence-corrected chi connectivity index (χ3v) is 5.85. The van der Waals surface area contributed by atoms with Crippen LogP contribution in [0.25, 0.3) is 0 Å². The van der Waals surface area contributed by atoms with Crippen molar-refractivity contribution in [3.63, 3.8) is 0 Å². The number of benzene rings is 2. The van der Waals surface area contributed by atoms with Crippen LogP contribution >= 0.6 is 11.8 Å². The van der Waals surface area contributed by atoms with E-state index in [1.807, 2.05) is 24.3 Å². The Morgan fingerprint density at radius 1 is 1.32 bits per heavy atom. The minimum absolute atomic E-state index is 0.106. The maximum atomic E-state index is 14.2. The molecule has 2 atom stereocenters. The van der Waals surface area contributed by atoms with Crippen molar-refractivity contribution >= 4 is 16.8 Å². The number of hydrazone groups is 1. The fourth-order valence-electron chi connectivity index (χ4n) is 3.14. The highest BCUT2D eigenvalue weighted by molar-refractivity contribution is 8.15. The predicted octanol–water partition coefficient (Wildman–Crippen LogP) is 3.74. The zero-order chi connectivity index (χ0) is 17.4. The standard InChI is InChI=1S/C18H13F2N3OS/c19-12-5-6-15(20)13(9-12)17-22-23-18(25-17)11(7-8-21)10-24-16-4-2-1-3-14(16)18/h1-6,9,11,23H,7,10H2. The molecule has 2 heterocycles. The van der Waals surface area contributed by atoms with Crippen LogP contribution in [-0.2, 0) is 4.87 Å². The summed E-state index contributed by atoms with van der Waals surface area (Å²) >= 11 is 1.30. The van der Waals surface area contributed by atoms with E-state index in [9.17, 15) is 14.0 Å². The van der Waals surface area contributed by atoms with Gasteiger partial charge in [-0.3, -0.25) is 5.43 Å². The van der Waals surface area contributed by atoms with E-state index < -0.39 is 16.5 Å². The summed E-state index contributed by atoms with van der Waals surface area (Å²) in [5.74, 6) is -0.548. The van der Waals surface area contributed by atoms with Gasteiger partial charge < -0.3 is 4.74 Å². The lowest BCUT2D eigenvalue weighted by Crippen LogP contribution is -2.46. The molecule has 0 radical (unpaired) electrons. The molecule has 1 spiro atoms. The second kappa shape index (κ2) is 6.05. The average molecular weight is 357 g/mol. The minimum Gasteiger partial charge on any atom is -0.493 e. The van der Waals surface area contributed by atoms with Crippen LogP contribution < -0.4 is 10.2 Å². The Labute approximate surface area is 147 Å². The number of nitrogens with one attached hydrogen (secondary N) is 1. The van der Waals surface area contributed by atoms with Gasteiger partial charge in [-0.05, 0) is 24.3 Å². The van der Waals surface area contributed by atoms with E-state index >= 15 is 0 Å². The molecule has 2 aromatic carbocycles. The molecule has 0 amide bonds. The SMILES string of the molecule is N#CCC1COc2ccccc2C12NN=C(c1cc(F)ccc1F)S2. The predicted molar refractivity (Wildman–Crippen MR) is 91.0 cm³/mol. The second-order valence-corrected chi connectivity index (χ2v) is 7.09. The van der Waals surface area contributed by atoms with Crippen LogP contribution in [0, 0.1) is 28.9 Å². The number of hydrogen-bond donors (Lipinski definition) is 1. The molecule has 0 bridgehead atoms. The summed E-state index contributed by atoms with van der Waals surface area (Å²) in [6.07, 6.45) is 0.253. The molecule has 0 aliphatic carbocycles. The molecule has 25 heavy (non-hydrogen) atoms. The van der Waals surface area contributed by atoms with Crippen molar-refractivity contribution in [1.29, 1.82) is 5.26 Å². The molecule has 0 aromatic heterocycles. The van der Waals surface area contributed by atoms with Gasteiger partial charge in [-0.2, -0.15) is 10.4 Å². The molecule has 0 saturated carbocycles. The molecule has 126 valence electrons. The Morgan fingerprint density at radius 2 is 2.16 bits per heavy atom. The van der Waals surface area contributed by atoms with E-state index in [1.165, 1.54) is 11.8 Å². The quantitative estimate of drug-likeness (QED) is 0.890. The van der Waals surface area contributed by atoms with Crippen molar-refractivity contribution in [2.75, 3.05) is 6.61 Å². The average Bonchev–Trinajstić information content (AvgIpc) is 3.06. The topological polar surface area (TPSA) is 57.4 Å². The van der Waals surface area contributed by atoms with Gasteiger partial charge in [0.05, 0.1) is 12.7 Å². The maximum absolute atomic E-state index is 14.2. The lowest BCUT2D eigenvalue weighted by atomic mass is 9.88. The van der Waals surface area contributed by atoms with Gasteiger partial charge in [-0.25, -0.2) is 8.78 Å². The number of fused-ring (bicyclic) bond motifs is 2. The van der Waals surface area contributed by atoms with E-state index in [0.29, 0.717) is 17.4 Å². The van der Waals surface area contributed by atoms with Gasteiger partial charge in [-0.1, -0.05) is 30.0 Å². The van der Waals surface area contributed by atoms with Crippen molar-refractivity contribution < 1.29 is 13.5 Å².